The first-order valence-corrected chi connectivity index (χ1v) is 8.73. The molecule has 2 rings (SSSR count). The van der Waals surface area contributed by atoms with E-state index in [-0.39, 0.29) is 37.3 Å². The first-order valence-electron chi connectivity index (χ1n) is 8.73. The largest absolute Gasteiger partial charge is 0.368 e. The van der Waals surface area contributed by atoms with Crippen molar-refractivity contribution in [3.05, 3.63) is 60.2 Å². The Hall–Kier alpha value is -2.28. The second kappa shape index (κ2) is 13.0. The number of hydrogen-bond donors (Lipinski definition) is 3. The van der Waals surface area contributed by atoms with Gasteiger partial charge in [0.25, 0.3) is 0 Å². The average molecular weight is 427 g/mol. The zero-order valence-corrected chi connectivity index (χ0v) is 17.5. The van der Waals surface area contributed by atoms with Crippen molar-refractivity contribution in [3.63, 3.8) is 0 Å². The van der Waals surface area contributed by atoms with Crippen LogP contribution in [0.25, 0.3) is 0 Å². The van der Waals surface area contributed by atoms with E-state index >= 15 is 0 Å². The summed E-state index contributed by atoms with van der Waals surface area (Å²) in [7, 11) is 0. The van der Waals surface area contributed by atoms with Crippen LogP contribution < -0.4 is 21.7 Å². The first kappa shape index (κ1) is 25.7. The summed E-state index contributed by atoms with van der Waals surface area (Å²) >= 11 is 0. The molecule has 154 valence electrons. The maximum atomic E-state index is 12.1. The highest BCUT2D eigenvalue weighted by molar-refractivity contribution is 5.95. The number of carbonyl (C=O) groups is 2. The molecular formula is C20H28Cl2N4O2. The minimum absolute atomic E-state index is 0. The van der Waals surface area contributed by atoms with E-state index in [1.807, 2.05) is 60.4 Å². The van der Waals surface area contributed by atoms with E-state index < -0.39 is 11.9 Å². The van der Waals surface area contributed by atoms with Gasteiger partial charge in [-0.2, -0.15) is 0 Å². The minimum atomic E-state index is -0.533. The van der Waals surface area contributed by atoms with Crippen LogP contribution in [0.1, 0.15) is 25.3 Å². The lowest BCUT2D eigenvalue weighted by Gasteiger charge is -2.24. The summed E-state index contributed by atoms with van der Waals surface area (Å²) in [5, 5.41) is 2.83. The Bertz CT molecular complexity index is 744. The third-order valence-corrected chi connectivity index (χ3v) is 3.98. The highest BCUT2D eigenvalue weighted by Gasteiger charge is 2.14. The average Bonchev–Trinajstić information content (AvgIpc) is 2.62. The molecular weight excluding hydrogens is 399 g/mol. The number of carbonyl (C=O) groups excluding carboxylic acids is 2. The van der Waals surface area contributed by atoms with Crippen LogP contribution in [-0.2, 0) is 16.1 Å². The third kappa shape index (κ3) is 8.17. The molecule has 2 aromatic rings. The maximum Gasteiger partial charge on any atom is 0.241 e. The molecule has 0 radical (unpaired) electrons. The Morgan fingerprint density at radius 2 is 1.75 bits per heavy atom. The van der Waals surface area contributed by atoms with Crippen molar-refractivity contribution in [2.24, 2.45) is 11.5 Å². The molecule has 0 heterocycles. The van der Waals surface area contributed by atoms with Gasteiger partial charge in [0.15, 0.2) is 0 Å². The highest BCUT2D eigenvalue weighted by Crippen LogP contribution is 2.21. The number of nitrogens with one attached hydrogen (secondary N) is 1. The minimum Gasteiger partial charge on any atom is -0.368 e. The summed E-state index contributed by atoms with van der Waals surface area (Å²) < 4.78 is 0. The van der Waals surface area contributed by atoms with Crippen molar-refractivity contribution in [1.29, 1.82) is 0 Å². The topological polar surface area (TPSA) is 101 Å². The predicted octanol–water partition coefficient (Wildman–Crippen LogP) is 3.09. The van der Waals surface area contributed by atoms with Crippen LogP contribution in [0.2, 0.25) is 0 Å². The van der Waals surface area contributed by atoms with Gasteiger partial charge >= 0.3 is 0 Å². The van der Waals surface area contributed by atoms with Crippen molar-refractivity contribution < 1.29 is 9.59 Å². The van der Waals surface area contributed by atoms with Crippen molar-refractivity contribution in [3.8, 4) is 0 Å². The number of benzene rings is 2. The fourth-order valence-corrected chi connectivity index (χ4v) is 2.69. The van der Waals surface area contributed by atoms with E-state index in [0.717, 1.165) is 17.7 Å². The molecule has 1 atom stereocenters. The van der Waals surface area contributed by atoms with E-state index in [2.05, 4.69) is 5.32 Å². The zero-order chi connectivity index (χ0) is 18.9. The molecule has 6 nitrogen and oxygen atoms in total. The Morgan fingerprint density at radius 1 is 1.07 bits per heavy atom. The predicted molar refractivity (Wildman–Crippen MR) is 119 cm³/mol. The third-order valence-electron chi connectivity index (χ3n) is 3.98. The van der Waals surface area contributed by atoms with Crippen molar-refractivity contribution >= 4 is 48.0 Å². The maximum absolute atomic E-state index is 12.1. The molecule has 0 aliphatic rings. The van der Waals surface area contributed by atoms with Gasteiger partial charge in [-0.15, -0.1) is 24.8 Å². The second-order valence-electron chi connectivity index (χ2n) is 6.24. The SMILES string of the molecule is CCCC(N)C(=O)Nc1cccc(N(CC(N)=O)Cc2ccccc2)c1.Cl.Cl. The molecule has 0 spiro atoms. The standard InChI is InChI=1S/C20H26N4O2.2ClH/c1-2-7-18(21)20(26)23-16-10-6-11-17(12-16)24(14-19(22)25)13-15-8-4-3-5-9-15;;/h3-6,8-12,18H,2,7,13-14,21H2,1H3,(H2,22,25)(H,23,26);2*1H. The molecule has 8 heteroatoms. The normalized spacial score (nSPS) is 10.8. The van der Waals surface area contributed by atoms with Gasteiger partial charge in [-0.05, 0) is 30.2 Å². The quantitative estimate of drug-likeness (QED) is 0.573. The molecule has 0 saturated heterocycles. The van der Waals surface area contributed by atoms with Gasteiger partial charge in [0, 0.05) is 17.9 Å². The fraction of sp³-hybridized carbons (Fsp3) is 0.300. The van der Waals surface area contributed by atoms with Crippen LogP contribution in [0.15, 0.2) is 54.6 Å². The number of amides is 2. The Balaban J connectivity index is 0.00000364. The molecule has 0 fully saturated rings. The Morgan fingerprint density at radius 3 is 2.36 bits per heavy atom. The molecule has 28 heavy (non-hydrogen) atoms. The number of primary amides is 1. The summed E-state index contributed by atoms with van der Waals surface area (Å²) in [5.74, 6) is -0.631. The van der Waals surface area contributed by atoms with Crippen LogP contribution in [0.3, 0.4) is 0 Å². The van der Waals surface area contributed by atoms with Crippen molar-refractivity contribution in [2.75, 3.05) is 16.8 Å². The number of hydrogen-bond acceptors (Lipinski definition) is 4. The van der Waals surface area contributed by atoms with E-state index in [9.17, 15) is 9.59 Å². The molecule has 2 aromatic carbocycles. The molecule has 5 N–H and O–H groups in total. The summed E-state index contributed by atoms with van der Waals surface area (Å²) in [6.45, 7) is 2.61. The Labute approximate surface area is 178 Å². The fourth-order valence-electron chi connectivity index (χ4n) is 2.69. The van der Waals surface area contributed by atoms with Gasteiger partial charge < -0.3 is 21.7 Å². The molecule has 0 bridgehead atoms. The second-order valence-corrected chi connectivity index (χ2v) is 6.24. The van der Waals surface area contributed by atoms with Gasteiger partial charge in [0.2, 0.25) is 11.8 Å². The smallest absolute Gasteiger partial charge is 0.241 e. The van der Waals surface area contributed by atoms with E-state index in [4.69, 9.17) is 11.5 Å². The summed E-state index contributed by atoms with van der Waals surface area (Å²) in [4.78, 5) is 25.5. The van der Waals surface area contributed by atoms with Crippen molar-refractivity contribution in [2.45, 2.75) is 32.4 Å². The number of nitrogens with two attached hydrogens (primary N) is 2. The van der Waals surface area contributed by atoms with Gasteiger partial charge in [-0.3, -0.25) is 9.59 Å². The van der Waals surface area contributed by atoms with Gasteiger partial charge in [0.05, 0.1) is 12.6 Å². The Kier molecular flexibility index (Phi) is 11.9. The van der Waals surface area contributed by atoms with E-state index in [0.29, 0.717) is 18.7 Å². The summed E-state index contributed by atoms with van der Waals surface area (Å²) in [6, 6.07) is 16.6. The number of rotatable bonds is 9. The lowest BCUT2D eigenvalue weighted by Crippen LogP contribution is -2.35. The van der Waals surface area contributed by atoms with E-state index in [1.165, 1.54) is 0 Å². The van der Waals surface area contributed by atoms with Crippen LogP contribution >= 0.6 is 24.8 Å². The van der Waals surface area contributed by atoms with Crippen LogP contribution in [0.4, 0.5) is 11.4 Å². The summed E-state index contributed by atoms with van der Waals surface area (Å²) in [5.41, 5.74) is 13.8. The highest BCUT2D eigenvalue weighted by atomic mass is 35.5. The molecule has 2 amide bonds. The van der Waals surface area contributed by atoms with Gasteiger partial charge in [0.1, 0.15) is 0 Å². The molecule has 0 saturated carbocycles. The molecule has 1 unspecified atom stereocenters. The summed E-state index contributed by atoms with van der Waals surface area (Å²) in [6.07, 6.45) is 1.48. The lowest BCUT2D eigenvalue weighted by molar-refractivity contribution is -0.118. The first-order chi connectivity index (χ1) is 12.5. The lowest BCUT2D eigenvalue weighted by atomic mass is 10.1. The van der Waals surface area contributed by atoms with Gasteiger partial charge in [-0.1, -0.05) is 49.7 Å². The number of nitrogens with zero attached hydrogens (tertiary/aromatic N) is 1. The number of anilines is 2. The van der Waals surface area contributed by atoms with Crippen LogP contribution in [0, 0.1) is 0 Å². The van der Waals surface area contributed by atoms with Gasteiger partial charge in [-0.25, -0.2) is 0 Å². The molecule has 0 aromatic heterocycles. The molecule has 0 aliphatic carbocycles. The molecule has 0 aliphatic heterocycles. The van der Waals surface area contributed by atoms with Crippen LogP contribution in [0.5, 0.6) is 0 Å². The van der Waals surface area contributed by atoms with Crippen LogP contribution in [-0.4, -0.2) is 24.4 Å². The van der Waals surface area contributed by atoms with Crippen molar-refractivity contribution in [1.82, 2.24) is 0 Å². The monoisotopic (exact) mass is 426 g/mol. The zero-order valence-electron chi connectivity index (χ0n) is 15.8. The number of halogens is 2. The van der Waals surface area contributed by atoms with E-state index in [1.54, 1.807) is 6.07 Å².